The maximum Gasteiger partial charge on any atom is 0.583 e. The van der Waals surface area contributed by atoms with Crippen LogP contribution in [0.2, 0.25) is 0 Å². The highest BCUT2D eigenvalue weighted by Crippen LogP contribution is 2.35. The van der Waals surface area contributed by atoms with E-state index in [1.165, 1.54) is 6.42 Å². The Bertz CT molecular complexity index is 1640. The van der Waals surface area contributed by atoms with Crippen LogP contribution in [-0.4, -0.2) is 31.4 Å². The van der Waals surface area contributed by atoms with Gasteiger partial charge in [0.25, 0.3) is 0 Å². The third kappa shape index (κ3) is 4.70. The average molecular weight is 521 g/mol. The predicted molar refractivity (Wildman–Crippen MR) is 158 cm³/mol. The Morgan fingerprint density at radius 1 is 1.05 bits per heavy atom. The first kappa shape index (κ1) is 25.3. The molecule has 0 aliphatic carbocycles. The Hall–Kier alpha value is -4.04. The smallest absolute Gasteiger partial charge is 0.440 e. The molecule has 198 valence electrons. The molecule has 6 rings (SSSR count). The number of oxime groups is 1. The van der Waals surface area contributed by atoms with Gasteiger partial charge in [0.2, 0.25) is 5.88 Å². The van der Waals surface area contributed by atoms with E-state index in [4.69, 9.17) is 9.17 Å². The number of hydrogen-bond acceptors (Lipinski definition) is 7. The minimum absolute atomic E-state index is 0.0382. The summed E-state index contributed by atoms with van der Waals surface area (Å²) in [5, 5.41) is 18.2. The van der Waals surface area contributed by atoms with Gasteiger partial charge in [-0.25, -0.2) is 0 Å². The van der Waals surface area contributed by atoms with Gasteiger partial charge in [-0.3, -0.25) is 4.79 Å². The summed E-state index contributed by atoms with van der Waals surface area (Å²) in [5.74, 6) is 0.701. The van der Waals surface area contributed by atoms with Crippen LogP contribution in [0, 0.1) is 13.8 Å². The van der Waals surface area contributed by atoms with E-state index in [0.717, 1.165) is 59.4 Å². The zero-order valence-electron chi connectivity index (χ0n) is 22.5. The molecule has 2 aliphatic rings. The summed E-state index contributed by atoms with van der Waals surface area (Å²) < 4.78 is 11.5. The minimum atomic E-state index is -1.06. The monoisotopic (exact) mass is 521 g/mol. The fourth-order valence-electron chi connectivity index (χ4n) is 5.73. The zero-order valence-corrected chi connectivity index (χ0v) is 22.5. The number of benzene rings is 3. The van der Waals surface area contributed by atoms with Crippen LogP contribution in [0.15, 0.2) is 69.0 Å². The molecule has 1 atom stereocenters. The van der Waals surface area contributed by atoms with Crippen molar-refractivity contribution in [3.8, 4) is 11.1 Å². The van der Waals surface area contributed by atoms with E-state index in [-0.39, 0.29) is 11.5 Å². The molecule has 1 aromatic heterocycles. The van der Waals surface area contributed by atoms with Gasteiger partial charge in [-0.2, -0.15) is 0 Å². The maximum atomic E-state index is 13.5. The lowest BCUT2D eigenvalue weighted by Crippen LogP contribution is -2.37. The molecule has 7 nitrogen and oxygen atoms in total. The van der Waals surface area contributed by atoms with E-state index in [9.17, 15) is 9.82 Å². The molecule has 0 radical (unpaired) electrons. The molecule has 0 bridgehead atoms. The van der Waals surface area contributed by atoms with Crippen molar-refractivity contribution in [2.45, 2.75) is 46.1 Å². The van der Waals surface area contributed by atoms with Crippen LogP contribution in [0.1, 0.15) is 54.5 Å². The summed E-state index contributed by atoms with van der Waals surface area (Å²) in [4.78, 5) is 15.7. The minimum Gasteiger partial charge on any atom is -0.440 e. The Kier molecular flexibility index (Phi) is 6.65. The average Bonchev–Trinajstić information content (AvgIpc) is 2.95. The van der Waals surface area contributed by atoms with Crippen LogP contribution in [0.5, 0.6) is 0 Å². The number of hydrogen-bond donors (Lipinski definition) is 2. The largest absolute Gasteiger partial charge is 0.583 e. The highest BCUT2D eigenvalue weighted by molar-refractivity contribution is 6.62. The normalized spacial score (nSPS) is 15.7. The van der Waals surface area contributed by atoms with Crippen molar-refractivity contribution in [2.24, 2.45) is 5.16 Å². The molecule has 0 amide bonds. The summed E-state index contributed by atoms with van der Waals surface area (Å²) in [6.45, 7) is 7.81. The van der Waals surface area contributed by atoms with Crippen molar-refractivity contribution < 1.29 is 14.2 Å². The molecule has 39 heavy (non-hydrogen) atoms. The Morgan fingerprint density at radius 3 is 2.67 bits per heavy atom. The van der Waals surface area contributed by atoms with Crippen molar-refractivity contribution in [1.82, 2.24) is 0 Å². The maximum absolute atomic E-state index is 13.5. The highest BCUT2D eigenvalue weighted by atomic mass is 16.6. The fourth-order valence-corrected chi connectivity index (χ4v) is 5.73. The highest BCUT2D eigenvalue weighted by Gasteiger charge is 2.26. The van der Waals surface area contributed by atoms with Gasteiger partial charge in [0, 0.05) is 35.4 Å². The predicted octanol–water partition coefficient (Wildman–Crippen LogP) is 5.29. The quantitative estimate of drug-likeness (QED) is 0.347. The number of nitrogens with one attached hydrogen (secondary N) is 1. The van der Waals surface area contributed by atoms with Crippen molar-refractivity contribution in [3.63, 3.8) is 0 Å². The molecule has 8 heteroatoms. The molecule has 2 N–H and O–H groups in total. The van der Waals surface area contributed by atoms with Gasteiger partial charge < -0.3 is 24.4 Å². The molecular weight excluding hydrogens is 489 g/mol. The molecule has 1 fully saturated rings. The van der Waals surface area contributed by atoms with Crippen LogP contribution in [0.4, 0.5) is 11.6 Å². The van der Waals surface area contributed by atoms with Crippen LogP contribution in [-0.2, 0) is 4.76 Å². The van der Waals surface area contributed by atoms with Crippen molar-refractivity contribution in [1.29, 1.82) is 0 Å². The zero-order chi connectivity index (χ0) is 27.1. The summed E-state index contributed by atoms with van der Waals surface area (Å²) >= 11 is 0. The topological polar surface area (TPSA) is 87.3 Å². The molecule has 2 aliphatic heterocycles. The van der Waals surface area contributed by atoms with Gasteiger partial charge in [-0.15, -0.1) is 5.16 Å². The van der Waals surface area contributed by atoms with E-state index >= 15 is 0 Å². The lowest BCUT2D eigenvalue weighted by Gasteiger charge is -2.29. The van der Waals surface area contributed by atoms with Crippen LogP contribution in [0.25, 0.3) is 22.1 Å². The fraction of sp³-hybridized carbons (Fsp3) is 0.290. The second kappa shape index (κ2) is 10.3. The Labute approximate surface area is 228 Å². The second-order valence-corrected chi connectivity index (χ2v) is 10.6. The van der Waals surface area contributed by atoms with E-state index in [0.29, 0.717) is 27.9 Å². The summed E-state index contributed by atoms with van der Waals surface area (Å²) in [5.41, 5.74) is 7.81. The molecule has 0 spiro atoms. The molecular formula is C31H32BN3O4. The number of aryl methyl sites for hydroxylation is 1. The molecule has 4 aromatic rings. The van der Waals surface area contributed by atoms with Crippen molar-refractivity contribution in [2.75, 3.05) is 23.3 Å². The molecule has 3 heterocycles. The lowest BCUT2D eigenvalue weighted by atomic mass is 9.75. The lowest BCUT2D eigenvalue weighted by molar-refractivity contribution is 0.286. The van der Waals surface area contributed by atoms with Crippen LogP contribution >= 0.6 is 0 Å². The first-order valence-electron chi connectivity index (χ1n) is 13.6. The van der Waals surface area contributed by atoms with E-state index < -0.39 is 7.12 Å². The van der Waals surface area contributed by atoms with E-state index in [1.807, 2.05) is 50.2 Å². The van der Waals surface area contributed by atoms with Crippen LogP contribution < -0.4 is 21.1 Å². The molecule has 1 unspecified atom stereocenters. The SMILES string of the molecule is Cc1cc(C(C)Nc2ccccc2-c2ccc3c(c2)C=NOB3O)c2oc(N3CCCCC3)c(C)c(=O)c2c1. The molecule has 0 saturated carbocycles. The Morgan fingerprint density at radius 2 is 1.85 bits per heavy atom. The van der Waals surface area contributed by atoms with Gasteiger partial charge in [0.15, 0.2) is 5.43 Å². The molecule has 1 saturated heterocycles. The molecule has 3 aromatic carbocycles. The van der Waals surface area contributed by atoms with Gasteiger partial charge in [0.1, 0.15) is 5.58 Å². The van der Waals surface area contributed by atoms with E-state index in [1.54, 1.807) is 6.21 Å². The first-order chi connectivity index (χ1) is 18.9. The van der Waals surface area contributed by atoms with E-state index in [2.05, 4.69) is 40.5 Å². The van der Waals surface area contributed by atoms with Gasteiger partial charge >= 0.3 is 7.12 Å². The third-order valence-electron chi connectivity index (χ3n) is 7.79. The number of piperidine rings is 1. The van der Waals surface area contributed by atoms with Crippen molar-refractivity contribution >= 4 is 41.3 Å². The van der Waals surface area contributed by atoms with Crippen molar-refractivity contribution in [3.05, 3.63) is 87.1 Å². The Balaban J connectivity index is 1.40. The van der Waals surface area contributed by atoms with Gasteiger partial charge in [-0.05, 0) is 74.9 Å². The number of anilines is 2. The second-order valence-electron chi connectivity index (χ2n) is 10.6. The number of rotatable bonds is 5. The number of para-hydroxylation sites is 1. The van der Waals surface area contributed by atoms with Gasteiger partial charge in [-0.1, -0.05) is 36.4 Å². The number of nitrogens with zero attached hydrogens (tertiary/aromatic N) is 2. The van der Waals surface area contributed by atoms with Crippen LogP contribution in [0.3, 0.4) is 0 Å². The third-order valence-corrected chi connectivity index (χ3v) is 7.79. The summed E-state index contributed by atoms with van der Waals surface area (Å²) in [7, 11) is -1.06. The first-order valence-corrected chi connectivity index (χ1v) is 13.6. The summed E-state index contributed by atoms with van der Waals surface area (Å²) in [6, 6.07) is 17.9. The van der Waals surface area contributed by atoms with Gasteiger partial charge in [0.05, 0.1) is 23.2 Å². The number of fused-ring (bicyclic) bond motifs is 2. The standard InChI is InChI=1S/C31H32BN3O4/c1-19-15-25(30-26(16-19)29(36)20(2)31(38-30)35-13-7-4-8-14-35)21(3)34-28-10-6-5-9-24(28)22-11-12-27-23(17-22)18-33-39-32(27)37/h5-6,9-12,15-18,21,34,37H,4,7-8,13-14H2,1-3H3. The summed E-state index contributed by atoms with van der Waals surface area (Å²) in [6.07, 6.45) is 5.05.